The van der Waals surface area contributed by atoms with Crippen LogP contribution < -0.4 is 0 Å². The van der Waals surface area contributed by atoms with E-state index in [0.717, 1.165) is 6.42 Å². The van der Waals surface area contributed by atoms with E-state index in [9.17, 15) is 0 Å². The number of hydrogen-bond acceptors (Lipinski definition) is 3. The van der Waals surface area contributed by atoms with Crippen LogP contribution in [-0.4, -0.2) is 16.9 Å². The smallest absolute Gasteiger partial charge is 0.354 e. The summed E-state index contributed by atoms with van der Waals surface area (Å²) < 4.78 is 10.5. The van der Waals surface area contributed by atoms with Crippen molar-refractivity contribution >= 4 is 29.1 Å². The van der Waals surface area contributed by atoms with E-state index in [2.05, 4.69) is 6.92 Å². The van der Waals surface area contributed by atoms with E-state index in [4.69, 9.17) is 33.3 Å². The molecule has 0 aliphatic rings. The topological polar surface area (TPSA) is 18.5 Å². The Balaban J connectivity index is 3.33. The fourth-order valence-electron chi connectivity index (χ4n) is 1.95. The molecule has 0 bridgehead atoms. The average Bonchev–Trinajstić information content (AvgIpc) is 2.31. The van der Waals surface area contributed by atoms with Crippen molar-refractivity contribution in [3.8, 4) is 0 Å². The minimum atomic E-state index is -0.428. The van der Waals surface area contributed by atoms with Crippen LogP contribution in [0.5, 0.6) is 0 Å². The number of unbranched alkanes of at least 4 members (excludes halogenated alkanes) is 7. The minimum absolute atomic E-state index is 0.114. The SMILES string of the molecule is CCCCCCCCCCC(C)OC(=S)OC(C)Cl. The molecule has 0 saturated carbocycles. The summed E-state index contributed by atoms with van der Waals surface area (Å²) in [5.74, 6) is 0. The van der Waals surface area contributed by atoms with Gasteiger partial charge in [0, 0.05) is 12.2 Å². The summed E-state index contributed by atoms with van der Waals surface area (Å²) in [5.41, 5.74) is -0.428. The fraction of sp³-hybridized carbons (Fsp3) is 0.933. The molecular formula is C15H29ClO2S. The molecule has 0 aromatic rings. The van der Waals surface area contributed by atoms with E-state index in [1.54, 1.807) is 6.92 Å². The minimum Gasteiger partial charge on any atom is -0.454 e. The van der Waals surface area contributed by atoms with Gasteiger partial charge >= 0.3 is 5.24 Å². The maximum absolute atomic E-state index is 5.66. The van der Waals surface area contributed by atoms with Gasteiger partial charge in [-0.3, -0.25) is 0 Å². The van der Waals surface area contributed by atoms with Crippen LogP contribution in [0.25, 0.3) is 0 Å². The normalized spacial score (nSPS) is 13.9. The number of hydrogen-bond donors (Lipinski definition) is 0. The predicted molar refractivity (Wildman–Crippen MR) is 86.8 cm³/mol. The van der Waals surface area contributed by atoms with Crippen LogP contribution in [0.15, 0.2) is 0 Å². The number of rotatable bonds is 11. The van der Waals surface area contributed by atoms with E-state index in [1.807, 2.05) is 6.92 Å². The van der Waals surface area contributed by atoms with Gasteiger partial charge in [0.2, 0.25) is 0 Å². The lowest BCUT2D eigenvalue weighted by atomic mass is 10.1. The van der Waals surface area contributed by atoms with E-state index in [0.29, 0.717) is 0 Å². The number of alkyl halides is 1. The Hall–Kier alpha value is -0.0200. The zero-order valence-electron chi connectivity index (χ0n) is 12.6. The summed E-state index contributed by atoms with van der Waals surface area (Å²) in [6.45, 7) is 6.00. The quantitative estimate of drug-likeness (QED) is 0.273. The van der Waals surface area contributed by atoms with Crippen molar-refractivity contribution in [3.63, 3.8) is 0 Å². The zero-order valence-corrected chi connectivity index (χ0v) is 14.2. The molecule has 2 atom stereocenters. The number of thiocarbonyl (C=S) groups is 1. The standard InChI is InChI=1S/C15H29ClO2S/c1-4-5-6-7-8-9-10-11-12-13(2)17-15(19)18-14(3)16/h13-14H,4-12H2,1-3H3. The third kappa shape index (κ3) is 14.2. The summed E-state index contributed by atoms with van der Waals surface area (Å²) in [5, 5.41) is 0.162. The lowest BCUT2D eigenvalue weighted by molar-refractivity contribution is 0.116. The summed E-state index contributed by atoms with van der Waals surface area (Å²) >= 11 is 10.6. The van der Waals surface area contributed by atoms with E-state index in [-0.39, 0.29) is 11.3 Å². The van der Waals surface area contributed by atoms with Gasteiger partial charge in [0.25, 0.3) is 0 Å². The first-order valence-electron chi connectivity index (χ1n) is 7.57. The number of ether oxygens (including phenoxy) is 2. The maximum Gasteiger partial charge on any atom is 0.354 e. The Morgan fingerprint density at radius 1 is 0.947 bits per heavy atom. The second-order valence-electron chi connectivity index (χ2n) is 5.10. The van der Waals surface area contributed by atoms with Crippen molar-refractivity contribution in [1.82, 2.24) is 0 Å². The van der Waals surface area contributed by atoms with Crippen molar-refractivity contribution in [3.05, 3.63) is 0 Å². The molecule has 0 aromatic heterocycles. The van der Waals surface area contributed by atoms with Crippen LogP contribution in [0, 0.1) is 0 Å². The molecular weight excluding hydrogens is 280 g/mol. The molecule has 0 heterocycles. The monoisotopic (exact) mass is 308 g/mol. The molecule has 0 rings (SSSR count). The first kappa shape index (κ1) is 19.0. The van der Waals surface area contributed by atoms with Gasteiger partial charge in [-0.25, -0.2) is 0 Å². The van der Waals surface area contributed by atoms with Crippen LogP contribution in [0.1, 0.15) is 78.6 Å². The summed E-state index contributed by atoms with van der Waals surface area (Å²) in [6.07, 6.45) is 11.8. The second kappa shape index (κ2) is 13.0. The van der Waals surface area contributed by atoms with Crippen LogP contribution in [0.2, 0.25) is 0 Å². The molecule has 0 radical (unpaired) electrons. The van der Waals surface area contributed by atoms with Crippen LogP contribution >= 0.6 is 23.8 Å². The third-order valence-corrected chi connectivity index (χ3v) is 3.30. The maximum atomic E-state index is 5.66. The summed E-state index contributed by atoms with van der Waals surface area (Å²) in [7, 11) is 0. The molecule has 2 nitrogen and oxygen atoms in total. The molecule has 0 aliphatic heterocycles. The van der Waals surface area contributed by atoms with Crippen molar-refractivity contribution in [2.24, 2.45) is 0 Å². The zero-order chi connectivity index (χ0) is 14.5. The molecule has 114 valence electrons. The molecule has 0 saturated heterocycles. The average molecular weight is 309 g/mol. The molecule has 4 heteroatoms. The molecule has 0 aromatic carbocycles. The second-order valence-corrected chi connectivity index (χ2v) is 6.05. The Labute approximate surface area is 129 Å². The van der Waals surface area contributed by atoms with Crippen LogP contribution in [0.4, 0.5) is 0 Å². The van der Waals surface area contributed by atoms with Gasteiger partial charge in [-0.15, -0.1) is 0 Å². The van der Waals surface area contributed by atoms with Gasteiger partial charge < -0.3 is 9.47 Å². The Kier molecular flexibility index (Phi) is 13.0. The van der Waals surface area contributed by atoms with Crippen molar-refractivity contribution < 1.29 is 9.47 Å². The van der Waals surface area contributed by atoms with Crippen molar-refractivity contribution in [1.29, 1.82) is 0 Å². The fourth-order valence-corrected chi connectivity index (χ4v) is 2.39. The summed E-state index contributed by atoms with van der Waals surface area (Å²) in [6, 6.07) is 0. The Morgan fingerprint density at radius 3 is 2.00 bits per heavy atom. The molecule has 0 fully saturated rings. The molecule has 19 heavy (non-hydrogen) atoms. The lowest BCUT2D eigenvalue weighted by Gasteiger charge is -2.16. The van der Waals surface area contributed by atoms with Gasteiger partial charge in [-0.1, -0.05) is 63.5 Å². The highest BCUT2D eigenvalue weighted by molar-refractivity contribution is 7.79. The molecule has 0 aliphatic carbocycles. The van der Waals surface area contributed by atoms with E-state index in [1.165, 1.54) is 51.4 Å². The highest BCUT2D eigenvalue weighted by Crippen LogP contribution is 2.12. The van der Waals surface area contributed by atoms with Crippen molar-refractivity contribution in [2.75, 3.05) is 0 Å². The van der Waals surface area contributed by atoms with E-state index >= 15 is 0 Å². The Bertz CT molecular complexity index is 222. The van der Waals surface area contributed by atoms with Crippen molar-refractivity contribution in [2.45, 2.75) is 90.2 Å². The largest absolute Gasteiger partial charge is 0.454 e. The number of halogens is 1. The van der Waals surface area contributed by atoms with Gasteiger partial charge in [0.1, 0.15) is 6.10 Å². The highest BCUT2D eigenvalue weighted by atomic mass is 35.5. The first-order valence-corrected chi connectivity index (χ1v) is 8.42. The van der Waals surface area contributed by atoms with Gasteiger partial charge in [-0.05, 0) is 26.7 Å². The molecule has 0 amide bonds. The van der Waals surface area contributed by atoms with E-state index < -0.39 is 5.56 Å². The molecule has 0 spiro atoms. The van der Waals surface area contributed by atoms with Crippen LogP contribution in [-0.2, 0) is 9.47 Å². The molecule has 0 N–H and O–H groups in total. The van der Waals surface area contributed by atoms with Gasteiger partial charge in [-0.2, -0.15) is 0 Å². The third-order valence-electron chi connectivity index (χ3n) is 3.02. The van der Waals surface area contributed by atoms with Gasteiger partial charge in [0.05, 0.1) is 0 Å². The van der Waals surface area contributed by atoms with Crippen LogP contribution in [0.3, 0.4) is 0 Å². The van der Waals surface area contributed by atoms with Gasteiger partial charge in [0.15, 0.2) is 5.56 Å². The summed E-state index contributed by atoms with van der Waals surface area (Å²) in [4.78, 5) is 0. The first-order chi connectivity index (χ1) is 9.06. The Morgan fingerprint density at radius 2 is 1.47 bits per heavy atom. The molecule has 2 unspecified atom stereocenters. The lowest BCUT2D eigenvalue weighted by Crippen LogP contribution is -2.17. The predicted octanol–water partition coefficient (Wildman–Crippen LogP) is 5.81. The highest BCUT2D eigenvalue weighted by Gasteiger charge is 2.08.